The van der Waals surface area contributed by atoms with Crippen LogP contribution >= 0.6 is 11.6 Å². The quantitative estimate of drug-likeness (QED) is 0.770. The number of aromatic nitrogens is 3. The molecule has 1 N–H and O–H groups in total. The molecule has 122 valence electrons. The van der Waals surface area contributed by atoms with Gasteiger partial charge in [-0.25, -0.2) is 4.68 Å². The van der Waals surface area contributed by atoms with Crippen molar-refractivity contribution in [1.29, 1.82) is 0 Å². The van der Waals surface area contributed by atoms with E-state index in [9.17, 15) is 4.79 Å². The second-order valence-corrected chi connectivity index (χ2v) is 5.54. The molecule has 0 bridgehead atoms. The van der Waals surface area contributed by atoms with E-state index in [-0.39, 0.29) is 12.6 Å². The van der Waals surface area contributed by atoms with Gasteiger partial charge in [0.1, 0.15) is 5.75 Å². The highest BCUT2D eigenvalue weighted by molar-refractivity contribution is 6.32. The van der Waals surface area contributed by atoms with Gasteiger partial charge in [0.15, 0.2) is 12.4 Å². The minimum Gasteiger partial charge on any atom is -0.470 e. The summed E-state index contributed by atoms with van der Waals surface area (Å²) in [7, 11) is 0. The van der Waals surface area contributed by atoms with Crippen molar-refractivity contribution in [2.24, 2.45) is 0 Å². The van der Waals surface area contributed by atoms with Crippen LogP contribution in [0.4, 0.5) is 5.69 Å². The summed E-state index contributed by atoms with van der Waals surface area (Å²) in [6, 6.07) is 10.6. The molecule has 0 radical (unpaired) electrons. The van der Waals surface area contributed by atoms with Crippen LogP contribution in [0.3, 0.4) is 0 Å². The number of rotatable bonds is 5. The first-order valence-corrected chi connectivity index (χ1v) is 7.63. The number of hydrogen-bond acceptors (Lipinski definition) is 4. The van der Waals surface area contributed by atoms with E-state index in [0.29, 0.717) is 22.2 Å². The van der Waals surface area contributed by atoms with Gasteiger partial charge in [-0.1, -0.05) is 17.7 Å². The molecule has 1 amide bonds. The molecule has 7 heteroatoms. The number of nitrogens with one attached hydrogen (secondary N) is 1. The average Bonchev–Trinajstić information content (AvgIpc) is 3.06. The Bertz CT molecular complexity index is 849. The lowest BCUT2D eigenvalue weighted by molar-refractivity contribution is 0.102. The molecule has 0 aliphatic carbocycles. The van der Waals surface area contributed by atoms with Crippen LogP contribution in [0, 0.1) is 6.92 Å². The van der Waals surface area contributed by atoms with Gasteiger partial charge in [-0.3, -0.25) is 9.78 Å². The van der Waals surface area contributed by atoms with Gasteiger partial charge in [0.25, 0.3) is 5.91 Å². The zero-order valence-corrected chi connectivity index (χ0v) is 13.7. The molecule has 0 spiro atoms. The van der Waals surface area contributed by atoms with Crippen molar-refractivity contribution in [1.82, 2.24) is 14.8 Å². The van der Waals surface area contributed by atoms with E-state index in [1.54, 1.807) is 42.9 Å². The normalized spacial score (nSPS) is 10.4. The molecule has 1 aromatic carbocycles. The molecule has 0 fully saturated rings. The Balaban J connectivity index is 1.63. The van der Waals surface area contributed by atoms with Crippen LogP contribution in [0.2, 0.25) is 5.02 Å². The van der Waals surface area contributed by atoms with Crippen molar-refractivity contribution in [2.75, 3.05) is 5.32 Å². The minimum absolute atomic E-state index is 0.158. The molecular formula is C17H15ClN4O2. The van der Waals surface area contributed by atoms with Crippen molar-refractivity contribution in [3.63, 3.8) is 0 Å². The third-order valence-corrected chi connectivity index (χ3v) is 3.56. The average molecular weight is 343 g/mol. The van der Waals surface area contributed by atoms with Crippen LogP contribution in [0.15, 0.2) is 55.0 Å². The Kier molecular flexibility index (Phi) is 4.77. The lowest BCUT2D eigenvalue weighted by Crippen LogP contribution is -2.14. The number of aryl methyl sites for hydroxylation is 1. The summed E-state index contributed by atoms with van der Waals surface area (Å²) in [5, 5.41) is 7.47. The highest BCUT2D eigenvalue weighted by atomic mass is 35.5. The van der Waals surface area contributed by atoms with Crippen molar-refractivity contribution in [3.8, 4) is 5.75 Å². The topological polar surface area (TPSA) is 69.0 Å². The molecule has 2 heterocycles. The van der Waals surface area contributed by atoms with Gasteiger partial charge in [0, 0.05) is 24.3 Å². The fraction of sp³-hybridized carbons (Fsp3) is 0.118. The van der Waals surface area contributed by atoms with Crippen LogP contribution in [0.5, 0.6) is 5.75 Å². The summed E-state index contributed by atoms with van der Waals surface area (Å²) >= 11 is 6.08. The number of hydrogen-bond donors (Lipinski definition) is 1. The second kappa shape index (κ2) is 7.14. The van der Waals surface area contributed by atoms with Crippen LogP contribution < -0.4 is 10.1 Å². The van der Waals surface area contributed by atoms with Crippen molar-refractivity contribution < 1.29 is 9.53 Å². The third kappa shape index (κ3) is 3.91. The highest BCUT2D eigenvalue weighted by Crippen LogP contribution is 2.25. The number of amides is 1. The Morgan fingerprint density at radius 3 is 2.83 bits per heavy atom. The lowest BCUT2D eigenvalue weighted by Gasteiger charge is -2.08. The first-order valence-electron chi connectivity index (χ1n) is 7.25. The minimum atomic E-state index is -0.298. The first-order chi connectivity index (χ1) is 11.6. The largest absolute Gasteiger partial charge is 0.470 e. The Hall–Kier alpha value is -2.86. The van der Waals surface area contributed by atoms with Crippen LogP contribution in [0.25, 0.3) is 0 Å². The van der Waals surface area contributed by atoms with E-state index in [0.717, 1.165) is 5.56 Å². The predicted octanol–water partition coefficient (Wildman–Crippen LogP) is 3.53. The molecule has 0 atom stereocenters. The monoisotopic (exact) mass is 342 g/mol. The number of pyridine rings is 1. The molecule has 0 unspecified atom stereocenters. The van der Waals surface area contributed by atoms with Gasteiger partial charge in [0.05, 0.1) is 5.02 Å². The van der Waals surface area contributed by atoms with E-state index < -0.39 is 0 Å². The van der Waals surface area contributed by atoms with Gasteiger partial charge in [-0.05, 0) is 42.8 Å². The summed E-state index contributed by atoms with van der Waals surface area (Å²) in [6.07, 6.45) is 4.88. The fourth-order valence-electron chi connectivity index (χ4n) is 2.04. The van der Waals surface area contributed by atoms with Gasteiger partial charge in [0.2, 0.25) is 0 Å². The van der Waals surface area contributed by atoms with Gasteiger partial charge < -0.3 is 10.1 Å². The second-order valence-electron chi connectivity index (χ2n) is 5.14. The molecule has 0 aliphatic heterocycles. The maximum Gasteiger partial charge on any atom is 0.276 e. The Morgan fingerprint density at radius 1 is 1.25 bits per heavy atom. The van der Waals surface area contributed by atoms with Crippen molar-refractivity contribution in [2.45, 2.75) is 13.7 Å². The van der Waals surface area contributed by atoms with E-state index in [4.69, 9.17) is 16.3 Å². The van der Waals surface area contributed by atoms with E-state index in [2.05, 4.69) is 15.4 Å². The zero-order chi connectivity index (χ0) is 16.9. The van der Waals surface area contributed by atoms with Crippen LogP contribution in [0.1, 0.15) is 16.1 Å². The van der Waals surface area contributed by atoms with Gasteiger partial charge in [-0.15, -0.1) is 0 Å². The molecule has 0 saturated carbocycles. The SMILES string of the molecule is Cc1ccc(Cl)c(OCn2ccc(C(=O)Nc3ccncc3)n2)c1. The Labute approximate surface area is 144 Å². The maximum absolute atomic E-state index is 12.1. The standard InChI is InChI=1S/C17H15ClN4O2/c1-12-2-3-14(18)16(10-12)24-11-22-9-6-15(21-22)17(23)20-13-4-7-19-8-5-13/h2-10H,11H2,1H3,(H,19,20,23). The lowest BCUT2D eigenvalue weighted by atomic mass is 10.2. The molecule has 2 aromatic heterocycles. The summed E-state index contributed by atoms with van der Waals surface area (Å²) < 4.78 is 7.17. The molecule has 0 saturated heterocycles. The van der Waals surface area contributed by atoms with E-state index >= 15 is 0 Å². The summed E-state index contributed by atoms with van der Waals surface area (Å²) in [5.74, 6) is 0.281. The summed E-state index contributed by atoms with van der Waals surface area (Å²) in [4.78, 5) is 16.0. The smallest absolute Gasteiger partial charge is 0.276 e. The highest BCUT2D eigenvalue weighted by Gasteiger charge is 2.10. The van der Waals surface area contributed by atoms with E-state index in [1.807, 2.05) is 19.1 Å². The summed E-state index contributed by atoms with van der Waals surface area (Å²) in [5.41, 5.74) is 2.00. The fourth-order valence-corrected chi connectivity index (χ4v) is 2.21. The molecule has 0 aliphatic rings. The zero-order valence-electron chi connectivity index (χ0n) is 12.9. The van der Waals surface area contributed by atoms with Crippen molar-refractivity contribution >= 4 is 23.2 Å². The third-order valence-electron chi connectivity index (χ3n) is 3.25. The first kappa shape index (κ1) is 16.0. The predicted molar refractivity (Wildman–Crippen MR) is 91.2 cm³/mol. The van der Waals surface area contributed by atoms with Crippen LogP contribution in [-0.2, 0) is 6.73 Å². The van der Waals surface area contributed by atoms with Crippen LogP contribution in [-0.4, -0.2) is 20.7 Å². The number of nitrogens with zero attached hydrogens (tertiary/aromatic N) is 3. The number of halogens is 1. The van der Waals surface area contributed by atoms with Crippen molar-refractivity contribution in [3.05, 3.63) is 71.3 Å². The van der Waals surface area contributed by atoms with E-state index in [1.165, 1.54) is 4.68 Å². The number of carbonyl (C=O) groups is 1. The maximum atomic E-state index is 12.1. The molecule has 3 rings (SSSR count). The molecule has 6 nitrogen and oxygen atoms in total. The van der Waals surface area contributed by atoms with Gasteiger partial charge >= 0.3 is 0 Å². The number of carbonyl (C=O) groups excluding carboxylic acids is 1. The van der Waals surface area contributed by atoms with Gasteiger partial charge in [-0.2, -0.15) is 5.10 Å². The number of ether oxygens (including phenoxy) is 1. The summed E-state index contributed by atoms with van der Waals surface area (Å²) in [6.45, 7) is 2.12. The molecule has 3 aromatic rings. The molecular weight excluding hydrogens is 328 g/mol. The molecule has 24 heavy (non-hydrogen) atoms. The number of benzene rings is 1. The number of anilines is 1. The Morgan fingerprint density at radius 2 is 2.04 bits per heavy atom.